The second-order valence-electron chi connectivity index (χ2n) is 7.18. The van der Waals surface area contributed by atoms with Gasteiger partial charge in [0.15, 0.2) is 6.61 Å². The smallest absolute Gasteiger partial charge is 0.314 e. The molecule has 1 aliphatic rings. The molecule has 1 aromatic carbocycles. The zero-order valence-corrected chi connectivity index (χ0v) is 15.7. The Labute approximate surface area is 155 Å². The zero-order chi connectivity index (χ0) is 19.0. The minimum atomic E-state index is -0.808. The summed E-state index contributed by atoms with van der Waals surface area (Å²) in [6.07, 6.45) is 5.08. The minimum Gasteiger partial charge on any atom is -0.455 e. The van der Waals surface area contributed by atoms with Crippen molar-refractivity contribution in [2.24, 2.45) is 5.92 Å². The van der Waals surface area contributed by atoms with Gasteiger partial charge >= 0.3 is 5.97 Å². The molecular weight excluding hydrogens is 328 g/mol. The molecule has 2 atom stereocenters. The average Bonchev–Trinajstić information content (AvgIpc) is 2.68. The van der Waals surface area contributed by atoms with Crippen LogP contribution in [-0.4, -0.2) is 24.0 Å². The van der Waals surface area contributed by atoms with Gasteiger partial charge < -0.3 is 10.1 Å². The van der Waals surface area contributed by atoms with E-state index in [9.17, 15) is 14.9 Å². The number of esters is 1. The summed E-state index contributed by atoms with van der Waals surface area (Å²) in [4.78, 5) is 24.9. The molecule has 1 aliphatic carbocycles. The summed E-state index contributed by atoms with van der Waals surface area (Å²) in [7, 11) is 0. The van der Waals surface area contributed by atoms with E-state index in [4.69, 9.17) is 4.74 Å². The van der Waals surface area contributed by atoms with Crippen molar-refractivity contribution >= 4 is 11.9 Å². The van der Waals surface area contributed by atoms with E-state index >= 15 is 0 Å². The third kappa shape index (κ3) is 5.08. The normalized spacial score (nSPS) is 18.2. The van der Waals surface area contributed by atoms with E-state index in [2.05, 4.69) is 11.4 Å². The maximum Gasteiger partial charge on any atom is 0.314 e. The first-order chi connectivity index (χ1) is 12.5. The Morgan fingerprint density at radius 2 is 1.88 bits per heavy atom. The molecule has 0 unspecified atom stereocenters. The molecule has 0 aliphatic heterocycles. The second kappa shape index (κ2) is 9.38. The highest BCUT2D eigenvalue weighted by Gasteiger charge is 2.34. The Hall–Kier alpha value is -2.35. The van der Waals surface area contributed by atoms with Crippen molar-refractivity contribution in [2.45, 2.75) is 63.8 Å². The number of amides is 1. The highest BCUT2D eigenvalue weighted by molar-refractivity contribution is 5.84. The molecule has 5 nitrogen and oxygen atoms in total. The molecule has 0 heterocycles. The monoisotopic (exact) mass is 356 g/mol. The SMILES string of the molecule is CC[C@H](C)[C@@H](C(=O)OCC(=O)NC1(C#N)CCCCC1)c1ccccc1. The van der Waals surface area contributed by atoms with Crippen LogP contribution in [0.1, 0.15) is 63.9 Å². The van der Waals surface area contributed by atoms with E-state index in [1.165, 1.54) is 0 Å². The maximum atomic E-state index is 12.6. The molecule has 5 heteroatoms. The van der Waals surface area contributed by atoms with Crippen LogP contribution in [0, 0.1) is 17.2 Å². The molecule has 1 saturated carbocycles. The Morgan fingerprint density at radius 1 is 1.23 bits per heavy atom. The number of nitrogens with zero attached hydrogens (tertiary/aromatic N) is 1. The zero-order valence-electron chi connectivity index (χ0n) is 15.7. The van der Waals surface area contributed by atoms with Crippen LogP contribution in [0.2, 0.25) is 0 Å². The van der Waals surface area contributed by atoms with Crippen molar-refractivity contribution in [1.82, 2.24) is 5.32 Å². The summed E-state index contributed by atoms with van der Waals surface area (Å²) in [5.74, 6) is -1.08. The summed E-state index contributed by atoms with van der Waals surface area (Å²) >= 11 is 0. The fourth-order valence-electron chi connectivity index (χ4n) is 3.54. The largest absolute Gasteiger partial charge is 0.455 e. The van der Waals surface area contributed by atoms with Gasteiger partial charge in [-0.1, -0.05) is 69.9 Å². The molecule has 1 N–H and O–H groups in total. The molecule has 0 radical (unpaired) electrons. The maximum absolute atomic E-state index is 12.6. The number of nitrogens with one attached hydrogen (secondary N) is 1. The topological polar surface area (TPSA) is 79.2 Å². The van der Waals surface area contributed by atoms with E-state index in [1.54, 1.807) is 0 Å². The minimum absolute atomic E-state index is 0.108. The number of nitriles is 1. The molecule has 1 aromatic rings. The van der Waals surface area contributed by atoms with Crippen LogP contribution in [-0.2, 0) is 14.3 Å². The highest BCUT2D eigenvalue weighted by atomic mass is 16.5. The third-order valence-electron chi connectivity index (χ3n) is 5.27. The van der Waals surface area contributed by atoms with Crippen molar-refractivity contribution in [3.63, 3.8) is 0 Å². The lowest BCUT2D eigenvalue weighted by molar-refractivity contribution is -0.151. The van der Waals surface area contributed by atoms with E-state index in [0.29, 0.717) is 12.8 Å². The van der Waals surface area contributed by atoms with Gasteiger partial charge in [0.2, 0.25) is 0 Å². The van der Waals surface area contributed by atoms with E-state index in [0.717, 1.165) is 31.2 Å². The lowest BCUT2D eigenvalue weighted by atomic mass is 9.83. The molecule has 1 amide bonds. The third-order valence-corrected chi connectivity index (χ3v) is 5.27. The first kappa shape index (κ1) is 20.0. The molecule has 0 saturated heterocycles. The molecule has 0 spiro atoms. The van der Waals surface area contributed by atoms with Gasteiger partial charge in [-0.25, -0.2) is 0 Å². The van der Waals surface area contributed by atoms with Crippen LogP contribution >= 0.6 is 0 Å². The molecule has 2 rings (SSSR count). The Balaban J connectivity index is 1.97. The standard InChI is InChI=1S/C21H28N2O3/c1-3-16(2)19(17-10-6-4-7-11-17)20(25)26-14-18(24)23-21(15-22)12-8-5-9-13-21/h4,6-7,10-11,16,19H,3,5,8-9,12-14H2,1-2H3,(H,23,24)/t16-,19+/m0/s1. The number of rotatable bonds is 7. The van der Waals surface area contributed by atoms with Gasteiger partial charge in [0, 0.05) is 0 Å². The summed E-state index contributed by atoms with van der Waals surface area (Å²) in [5, 5.41) is 12.2. The fraction of sp³-hybridized carbons (Fsp3) is 0.571. The Kier molecular flexibility index (Phi) is 7.20. The van der Waals surface area contributed by atoms with E-state index in [1.807, 2.05) is 44.2 Å². The average molecular weight is 356 g/mol. The van der Waals surface area contributed by atoms with Gasteiger partial charge in [-0.05, 0) is 24.3 Å². The second-order valence-corrected chi connectivity index (χ2v) is 7.18. The van der Waals surface area contributed by atoms with Gasteiger partial charge in [0.25, 0.3) is 5.91 Å². The number of carbonyl (C=O) groups excluding carboxylic acids is 2. The Morgan fingerprint density at radius 3 is 2.46 bits per heavy atom. The summed E-state index contributed by atoms with van der Waals surface area (Å²) in [6, 6.07) is 11.7. The predicted molar refractivity (Wildman–Crippen MR) is 99.2 cm³/mol. The number of benzene rings is 1. The van der Waals surface area contributed by atoms with Crippen molar-refractivity contribution in [1.29, 1.82) is 5.26 Å². The lowest BCUT2D eigenvalue weighted by Gasteiger charge is -2.31. The quantitative estimate of drug-likeness (QED) is 0.756. The molecule has 26 heavy (non-hydrogen) atoms. The molecule has 1 fully saturated rings. The fourth-order valence-corrected chi connectivity index (χ4v) is 3.54. The number of ether oxygens (including phenoxy) is 1. The van der Waals surface area contributed by atoms with Gasteiger partial charge in [-0.2, -0.15) is 5.26 Å². The molecular formula is C21H28N2O3. The van der Waals surface area contributed by atoms with Crippen molar-refractivity contribution in [3.05, 3.63) is 35.9 Å². The van der Waals surface area contributed by atoms with Gasteiger partial charge in [0.1, 0.15) is 5.54 Å². The van der Waals surface area contributed by atoms with Crippen molar-refractivity contribution < 1.29 is 14.3 Å². The first-order valence-electron chi connectivity index (χ1n) is 9.45. The molecule has 0 aromatic heterocycles. The van der Waals surface area contributed by atoms with E-state index in [-0.39, 0.29) is 12.5 Å². The summed E-state index contributed by atoms with van der Waals surface area (Å²) in [6.45, 7) is 3.69. The molecule has 0 bridgehead atoms. The number of hydrogen-bond acceptors (Lipinski definition) is 4. The molecule has 140 valence electrons. The van der Waals surface area contributed by atoms with E-state index < -0.39 is 23.3 Å². The number of carbonyl (C=O) groups is 2. The van der Waals surface area contributed by atoms with Crippen LogP contribution < -0.4 is 5.32 Å². The van der Waals surface area contributed by atoms with Gasteiger partial charge in [-0.15, -0.1) is 0 Å². The Bertz CT molecular complexity index is 645. The lowest BCUT2D eigenvalue weighted by Crippen LogP contribution is -2.50. The first-order valence-corrected chi connectivity index (χ1v) is 9.45. The summed E-state index contributed by atoms with van der Waals surface area (Å²) in [5.41, 5.74) is 0.0881. The summed E-state index contributed by atoms with van der Waals surface area (Å²) < 4.78 is 5.31. The highest BCUT2D eigenvalue weighted by Crippen LogP contribution is 2.29. The van der Waals surface area contributed by atoms with Gasteiger partial charge in [-0.3, -0.25) is 9.59 Å². The van der Waals surface area contributed by atoms with Crippen molar-refractivity contribution in [3.8, 4) is 6.07 Å². The van der Waals surface area contributed by atoms with Crippen LogP contribution in [0.3, 0.4) is 0 Å². The van der Waals surface area contributed by atoms with Crippen LogP contribution in [0.5, 0.6) is 0 Å². The van der Waals surface area contributed by atoms with Crippen LogP contribution in [0.4, 0.5) is 0 Å². The van der Waals surface area contributed by atoms with Crippen LogP contribution in [0.15, 0.2) is 30.3 Å². The predicted octanol–water partition coefficient (Wildman–Crippen LogP) is 3.70. The van der Waals surface area contributed by atoms with Crippen LogP contribution in [0.25, 0.3) is 0 Å². The van der Waals surface area contributed by atoms with Crippen molar-refractivity contribution in [2.75, 3.05) is 6.61 Å². The van der Waals surface area contributed by atoms with Gasteiger partial charge in [0.05, 0.1) is 12.0 Å². The number of hydrogen-bond donors (Lipinski definition) is 1.